The highest BCUT2D eigenvalue weighted by atomic mass is 32.2. The average molecular weight is 340 g/mol. The minimum Gasteiger partial charge on any atom is -0.424 e. The molecule has 4 rings (SSSR count). The lowest BCUT2D eigenvalue weighted by Crippen LogP contribution is -2.14. The van der Waals surface area contributed by atoms with E-state index in [1.165, 1.54) is 11.8 Å². The molecule has 1 aromatic carbocycles. The third-order valence-electron chi connectivity index (χ3n) is 3.92. The molecule has 0 aliphatic heterocycles. The summed E-state index contributed by atoms with van der Waals surface area (Å²) in [5.41, 5.74) is 2.11. The molecule has 2 heterocycles. The summed E-state index contributed by atoms with van der Waals surface area (Å²) in [6, 6.07) is 9.70. The van der Waals surface area contributed by atoms with Crippen LogP contribution in [0.4, 0.5) is 0 Å². The van der Waals surface area contributed by atoms with Crippen LogP contribution in [0.2, 0.25) is 0 Å². The van der Waals surface area contributed by atoms with Crippen LogP contribution in [0.15, 0.2) is 44.7 Å². The lowest BCUT2D eigenvalue weighted by atomic mass is 10.1. The summed E-state index contributed by atoms with van der Waals surface area (Å²) in [6.07, 6.45) is 2.25. The van der Waals surface area contributed by atoms with Crippen LogP contribution in [0.3, 0.4) is 0 Å². The molecule has 0 atom stereocenters. The van der Waals surface area contributed by atoms with Crippen molar-refractivity contribution in [2.75, 3.05) is 0 Å². The van der Waals surface area contributed by atoms with Gasteiger partial charge in [0.15, 0.2) is 5.16 Å². The lowest BCUT2D eigenvalue weighted by molar-refractivity contribution is 0.466. The van der Waals surface area contributed by atoms with E-state index in [2.05, 4.69) is 20.2 Å². The van der Waals surface area contributed by atoms with Gasteiger partial charge in [-0.05, 0) is 19.8 Å². The van der Waals surface area contributed by atoms with Crippen LogP contribution in [0.1, 0.15) is 36.1 Å². The Morgan fingerprint density at radius 2 is 2.04 bits per heavy atom. The van der Waals surface area contributed by atoms with Crippen LogP contribution in [-0.2, 0) is 5.75 Å². The number of aromatic nitrogens is 4. The molecule has 0 unspecified atom stereocenters. The molecule has 1 fully saturated rings. The molecule has 7 heteroatoms. The number of aromatic amines is 1. The zero-order valence-electron chi connectivity index (χ0n) is 13.2. The predicted octanol–water partition coefficient (Wildman–Crippen LogP) is 3.30. The first-order chi connectivity index (χ1) is 11.7. The van der Waals surface area contributed by atoms with E-state index in [0.29, 0.717) is 34.0 Å². The summed E-state index contributed by atoms with van der Waals surface area (Å²) in [6.45, 7) is 1.78. The second-order valence-corrected chi connectivity index (χ2v) is 6.77. The van der Waals surface area contributed by atoms with Crippen molar-refractivity contribution < 1.29 is 4.42 Å². The zero-order chi connectivity index (χ0) is 16.5. The first-order valence-electron chi connectivity index (χ1n) is 7.82. The molecule has 0 bridgehead atoms. The van der Waals surface area contributed by atoms with Gasteiger partial charge in [-0.1, -0.05) is 42.1 Å². The minimum absolute atomic E-state index is 0.129. The van der Waals surface area contributed by atoms with Crippen molar-refractivity contribution in [1.82, 2.24) is 20.2 Å². The van der Waals surface area contributed by atoms with E-state index in [4.69, 9.17) is 4.42 Å². The van der Waals surface area contributed by atoms with Crippen molar-refractivity contribution in [3.63, 3.8) is 0 Å². The quantitative estimate of drug-likeness (QED) is 0.567. The predicted molar refractivity (Wildman–Crippen MR) is 90.9 cm³/mol. The molecular weight excluding hydrogens is 324 g/mol. The maximum absolute atomic E-state index is 12.2. The van der Waals surface area contributed by atoms with Crippen molar-refractivity contribution >= 4 is 11.8 Å². The van der Waals surface area contributed by atoms with E-state index in [9.17, 15) is 4.79 Å². The van der Waals surface area contributed by atoms with Gasteiger partial charge in [-0.3, -0.25) is 4.79 Å². The largest absolute Gasteiger partial charge is 0.424 e. The Labute approximate surface area is 142 Å². The molecule has 1 N–H and O–H groups in total. The molecule has 3 aromatic rings. The summed E-state index contributed by atoms with van der Waals surface area (Å²) in [4.78, 5) is 19.6. The fraction of sp³-hybridized carbons (Fsp3) is 0.294. The third-order valence-corrected chi connectivity index (χ3v) is 4.78. The lowest BCUT2D eigenvalue weighted by Gasteiger charge is -2.06. The smallest absolute Gasteiger partial charge is 0.255 e. The number of rotatable bonds is 5. The van der Waals surface area contributed by atoms with Crippen molar-refractivity contribution in [3.05, 3.63) is 58.0 Å². The summed E-state index contributed by atoms with van der Waals surface area (Å²) in [5.74, 6) is 2.21. The van der Waals surface area contributed by atoms with E-state index in [1.54, 1.807) is 6.92 Å². The molecule has 6 nitrogen and oxygen atoms in total. The van der Waals surface area contributed by atoms with Crippen molar-refractivity contribution in [1.29, 1.82) is 0 Å². The number of benzene rings is 1. The topological polar surface area (TPSA) is 84.7 Å². The molecule has 2 aromatic heterocycles. The Morgan fingerprint density at radius 3 is 2.79 bits per heavy atom. The monoisotopic (exact) mass is 340 g/mol. The van der Waals surface area contributed by atoms with Gasteiger partial charge in [0.2, 0.25) is 11.8 Å². The molecular formula is C17H16N4O2S. The summed E-state index contributed by atoms with van der Waals surface area (Å²) in [5, 5.41) is 8.67. The minimum atomic E-state index is -0.129. The second-order valence-electron chi connectivity index (χ2n) is 5.81. The van der Waals surface area contributed by atoms with Gasteiger partial charge < -0.3 is 9.40 Å². The van der Waals surface area contributed by atoms with Crippen LogP contribution < -0.4 is 5.56 Å². The van der Waals surface area contributed by atoms with Gasteiger partial charge in [0.25, 0.3) is 5.56 Å². The number of nitrogens with zero attached hydrogens (tertiary/aromatic N) is 3. The molecule has 1 saturated carbocycles. The highest BCUT2D eigenvalue weighted by Crippen LogP contribution is 2.39. The first kappa shape index (κ1) is 15.1. The van der Waals surface area contributed by atoms with Gasteiger partial charge in [0.1, 0.15) is 0 Å². The summed E-state index contributed by atoms with van der Waals surface area (Å²) >= 11 is 1.39. The molecule has 0 radical (unpaired) electrons. The maximum atomic E-state index is 12.2. The maximum Gasteiger partial charge on any atom is 0.255 e. The summed E-state index contributed by atoms with van der Waals surface area (Å²) < 4.78 is 5.64. The first-order valence-corrected chi connectivity index (χ1v) is 8.80. The average Bonchev–Trinajstić information content (AvgIpc) is 3.35. The standard InChI is InChI=1S/C17H16N4O2S/c1-10-14(11-5-3-2-4-6-11)18-17(19-15(10)22)24-9-13-20-21-16(23-13)12-7-8-12/h2-6,12H,7-9H2,1H3,(H,18,19,22). The van der Waals surface area contributed by atoms with Crippen LogP contribution >= 0.6 is 11.8 Å². The zero-order valence-corrected chi connectivity index (χ0v) is 14.0. The number of hydrogen-bond acceptors (Lipinski definition) is 6. The fourth-order valence-corrected chi connectivity index (χ4v) is 3.11. The Balaban J connectivity index is 1.56. The third kappa shape index (κ3) is 3.12. The van der Waals surface area contributed by atoms with Crippen LogP contribution in [0, 0.1) is 6.92 Å². The number of thioether (sulfide) groups is 1. The molecule has 0 spiro atoms. The van der Waals surface area contributed by atoms with Crippen molar-refractivity contribution in [2.45, 2.75) is 36.6 Å². The fourth-order valence-electron chi connectivity index (χ4n) is 2.41. The molecule has 122 valence electrons. The molecule has 24 heavy (non-hydrogen) atoms. The van der Waals surface area contributed by atoms with Gasteiger partial charge in [-0.15, -0.1) is 10.2 Å². The normalized spacial score (nSPS) is 14.0. The highest BCUT2D eigenvalue weighted by molar-refractivity contribution is 7.98. The van der Waals surface area contributed by atoms with Gasteiger partial charge in [-0.2, -0.15) is 0 Å². The van der Waals surface area contributed by atoms with E-state index in [1.807, 2.05) is 30.3 Å². The van der Waals surface area contributed by atoms with Crippen LogP contribution in [-0.4, -0.2) is 20.2 Å². The molecule has 1 aliphatic rings. The van der Waals surface area contributed by atoms with E-state index >= 15 is 0 Å². The molecule has 0 saturated heterocycles. The summed E-state index contributed by atoms with van der Waals surface area (Å²) in [7, 11) is 0. The van der Waals surface area contributed by atoms with E-state index in [0.717, 1.165) is 24.3 Å². The number of hydrogen-bond donors (Lipinski definition) is 1. The molecule has 0 amide bonds. The van der Waals surface area contributed by atoms with E-state index in [-0.39, 0.29) is 5.56 Å². The van der Waals surface area contributed by atoms with Gasteiger partial charge in [-0.25, -0.2) is 4.98 Å². The van der Waals surface area contributed by atoms with E-state index < -0.39 is 0 Å². The number of H-pyrrole nitrogens is 1. The molecule has 1 aliphatic carbocycles. The van der Waals surface area contributed by atoms with Crippen LogP contribution in [0.5, 0.6) is 0 Å². The van der Waals surface area contributed by atoms with Crippen molar-refractivity contribution in [3.8, 4) is 11.3 Å². The van der Waals surface area contributed by atoms with Crippen LogP contribution in [0.25, 0.3) is 11.3 Å². The Bertz CT molecular complexity index is 916. The Kier molecular flexibility index (Phi) is 3.93. The number of nitrogens with one attached hydrogen (secondary N) is 1. The van der Waals surface area contributed by atoms with Gasteiger partial charge >= 0.3 is 0 Å². The highest BCUT2D eigenvalue weighted by Gasteiger charge is 2.29. The second kappa shape index (κ2) is 6.24. The van der Waals surface area contributed by atoms with Gasteiger partial charge in [0.05, 0.1) is 11.4 Å². The Morgan fingerprint density at radius 1 is 1.25 bits per heavy atom. The van der Waals surface area contributed by atoms with Gasteiger partial charge in [0, 0.05) is 17.0 Å². The SMILES string of the molecule is Cc1c(-c2ccccc2)nc(SCc2nnc(C3CC3)o2)[nH]c1=O. The Hall–Kier alpha value is -2.41. The van der Waals surface area contributed by atoms with Crippen molar-refractivity contribution in [2.24, 2.45) is 0 Å².